The van der Waals surface area contributed by atoms with E-state index < -0.39 is 5.79 Å². The Labute approximate surface area is 239 Å². The van der Waals surface area contributed by atoms with Crippen LogP contribution in [0.4, 0.5) is 11.5 Å². The number of methoxy groups -OCH3 is 2. The van der Waals surface area contributed by atoms with Gasteiger partial charge in [-0.25, -0.2) is 20.0 Å². The molecule has 1 saturated carbocycles. The summed E-state index contributed by atoms with van der Waals surface area (Å²) in [7, 11) is 3.15. The molecule has 212 valence electrons. The number of ether oxygens (including phenoxy) is 2. The molecule has 2 aliphatic heterocycles. The van der Waals surface area contributed by atoms with Crippen molar-refractivity contribution in [1.29, 1.82) is 0 Å². The highest BCUT2D eigenvalue weighted by Crippen LogP contribution is 2.37. The van der Waals surface area contributed by atoms with Gasteiger partial charge in [0.25, 0.3) is 0 Å². The number of nitrogens with one attached hydrogen (secondary N) is 1. The molecule has 1 aliphatic carbocycles. The third-order valence-corrected chi connectivity index (χ3v) is 8.57. The van der Waals surface area contributed by atoms with Crippen molar-refractivity contribution >= 4 is 40.0 Å². The topological polar surface area (TPSA) is 130 Å². The number of halogens is 1. The number of fused-ring (bicyclic) bond motifs is 1. The Balaban J connectivity index is 1.21. The minimum atomic E-state index is -1.33. The summed E-state index contributed by atoms with van der Waals surface area (Å²) in [4.78, 5) is 18.4. The number of hydrogen-bond donors (Lipinski definition) is 3. The maximum absolute atomic E-state index is 6.84. The van der Waals surface area contributed by atoms with Gasteiger partial charge >= 0.3 is 0 Å². The fourth-order valence-electron chi connectivity index (χ4n) is 6.10. The molecule has 3 heterocycles. The highest BCUT2D eigenvalue weighted by atomic mass is 35.5. The van der Waals surface area contributed by atoms with Crippen LogP contribution in [-0.4, -0.2) is 67.3 Å². The van der Waals surface area contributed by atoms with Crippen LogP contribution in [0.25, 0.3) is 10.9 Å². The van der Waals surface area contributed by atoms with E-state index in [0.717, 1.165) is 37.9 Å². The van der Waals surface area contributed by atoms with Crippen LogP contribution in [0.5, 0.6) is 11.5 Å². The number of benzene rings is 2. The van der Waals surface area contributed by atoms with E-state index in [2.05, 4.69) is 30.2 Å². The Bertz CT molecular complexity index is 1420. The maximum atomic E-state index is 6.84. The van der Waals surface area contributed by atoms with Crippen LogP contribution in [0.3, 0.4) is 0 Å². The minimum absolute atomic E-state index is 0.163. The molecule has 1 aromatic heterocycles. The first kappa shape index (κ1) is 26.8. The van der Waals surface area contributed by atoms with Crippen molar-refractivity contribution < 1.29 is 9.47 Å². The molecule has 1 unspecified atom stereocenters. The zero-order valence-corrected chi connectivity index (χ0v) is 23.7. The highest BCUT2D eigenvalue weighted by molar-refractivity contribution is 6.33. The zero-order chi connectivity index (χ0) is 27.9. The summed E-state index contributed by atoms with van der Waals surface area (Å²) in [6.07, 6.45) is 8.20. The summed E-state index contributed by atoms with van der Waals surface area (Å²) in [6, 6.07) is 10.2. The third-order valence-electron chi connectivity index (χ3n) is 8.27. The van der Waals surface area contributed by atoms with Crippen LogP contribution in [0.2, 0.25) is 5.02 Å². The molecular formula is C28H36ClN9O2. The molecule has 12 heteroatoms. The Kier molecular flexibility index (Phi) is 7.30. The van der Waals surface area contributed by atoms with Crippen molar-refractivity contribution in [3.63, 3.8) is 0 Å². The lowest BCUT2D eigenvalue weighted by Crippen LogP contribution is -2.53. The van der Waals surface area contributed by atoms with E-state index in [0.29, 0.717) is 38.8 Å². The number of guanidine groups is 1. The number of anilines is 2. The van der Waals surface area contributed by atoms with Gasteiger partial charge in [-0.3, -0.25) is 10.6 Å². The monoisotopic (exact) mass is 565 g/mol. The van der Waals surface area contributed by atoms with E-state index >= 15 is 0 Å². The number of rotatable bonds is 6. The molecule has 0 bridgehead atoms. The molecule has 3 aromatic rings. The average Bonchev–Trinajstić information content (AvgIpc) is 3.31. The zero-order valence-electron chi connectivity index (χ0n) is 22.9. The van der Waals surface area contributed by atoms with E-state index in [1.807, 2.05) is 18.2 Å². The van der Waals surface area contributed by atoms with Crippen molar-refractivity contribution in [2.75, 3.05) is 50.3 Å². The number of hydrazine groups is 1. The Morgan fingerprint density at radius 3 is 2.40 bits per heavy atom. The van der Waals surface area contributed by atoms with Gasteiger partial charge in [-0.2, -0.15) is 5.43 Å². The summed E-state index contributed by atoms with van der Waals surface area (Å²) in [6.45, 7) is 4.03. The number of piperazine rings is 1. The molecule has 0 amide bonds. The summed E-state index contributed by atoms with van der Waals surface area (Å²) in [5.74, 6) is 0.421. The summed E-state index contributed by atoms with van der Waals surface area (Å²) < 4.78 is 10.9. The third kappa shape index (κ3) is 4.87. The van der Waals surface area contributed by atoms with Gasteiger partial charge in [0.05, 0.1) is 30.4 Å². The molecule has 11 nitrogen and oxygen atoms in total. The van der Waals surface area contributed by atoms with E-state index in [4.69, 9.17) is 32.5 Å². The SMILES string of the molecule is COc1cc2ncnc(N3NC(N)(c4ccc(N5CCN(C6CCCCC6)CC5)c(Cl)c4)N=C3N)c2cc1OC. The van der Waals surface area contributed by atoms with Gasteiger partial charge in [0.15, 0.2) is 17.3 Å². The molecule has 1 atom stereocenters. The van der Waals surface area contributed by atoms with Gasteiger partial charge in [0, 0.05) is 49.2 Å². The van der Waals surface area contributed by atoms with Crippen LogP contribution in [0.15, 0.2) is 41.7 Å². The van der Waals surface area contributed by atoms with Gasteiger partial charge in [0.2, 0.25) is 11.7 Å². The molecule has 1 saturated heterocycles. The lowest BCUT2D eigenvalue weighted by molar-refractivity contribution is 0.148. The van der Waals surface area contributed by atoms with Gasteiger partial charge in [0.1, 0.15) is 6.33 Å². The quantitative estimate of drug-likeness (QED) is 0.409. The molecule has 0 radical (unpaired) electrons. The standard InChI is InChI=1S/C28H36ClN9O2/c1-39-24-15-20-22(16-25(24)40-2)32-17-33-26(20)38-27(30)34-28(31,35-38)18-8-9-23(21(29)14-18)37-12-10-36(11-13-37)19-6-4-3-5-7-19/h8-9,14-17,19,35H,3-7,10-13,31H2,1-2H3,(H2,30,34). The molecule has 40 heavy (non-hydrogen) atoms. The predicted molar refractivity (Wildman–Crippen MR) is 158 cm³/mol. The second-order valence-corrected chi connectivity index (χ2v) is 11.0. The minimum Gasteiger partial charge on any atom is -0.493 e. The average molecular weight is 566 g/mol. The lowest BCUT2D eigenvalue weighted by Gasteiger charge is -2.41. The Hall–Kier alpha value is -3.38. The van der Waals surface area contributed by atoms with Crippen LogP contribution in [0.1, 0.15) is 37.7 Å². The number of aliphatic imine (C=N–C) groups is 1. The van der Waals surface area contributed by atoms with Crippen LogP contribution in [-0.2, 0) is 5.79 Å². The molecule has 2 fully saturated rings. The number of nitrogens with zero attached hydrogens (tertiary/aromatic N) is 6. The van der Waals surface area contributed by atoms with E-state index in [-0.39, 0.29) is 5.96 Å². The van der Waals surface area contributed by atoms with E-state index in [1.54, 1.807) is 31.4 Å². The van der Waals surface area contributed by atoms with Crippen LogP contribution < -0.4 is 36.3 Å². The summed E-state index contributed by atoms with van der Waals surface area (Å²) >= 11 is 6.84. The van der Waals surface area contributed by atoms with Crippen LogP contribution in [0, 0.1) is 0 Å². The van der Waals surface area contributed by atoms with Gasteiger partial charge in [-0.15, -0.1) is 0 Å². The fraction of sp³-hybridized carbons (Fsp3) is 0.464. The molecule has 3 aliphatic rings. The lowest BCUT2D eigenvalue weighted by atomic mass is 9.94. The second-order valence-electron chi connectivity index (χ2n) is 10.6. The van der Waals surface area contributed by atoms with E-state index in [1.165, 1.54) is 38.4 Å². The van der Waals surface area contributed by atoms with Gasteiger partial charge in [-0.05, 0) is 31.0 Å². The smallest absolute Gasteiger partial charge is 0.215 e. The molecule has 6 rings (SSSR count). The number of nitrogens with two attached hydrogens (primary N) is 2. The van der Waals surface area contributed by atoms with Crippen molar-refractivity contribution in [2.24, 2.45) is 16.5 Å². The van der Waals surface area contributed by atoms with Crippen molar-refractivity contribution in [3.05, 3.63) is 47.2 Å². The maximum Gasteiger partial charge on any atom is 0.215 e. The van der Waals surface area contributed by atoms with E-state index in [9.17, 15) is 0 Å². The first-order valence-electron chi connectivity index (χ1n) is 13.8. The second kappa shape index (κ2) is 10.9. The molecule has 2 aromatic carbocycles. The largest absolute Gasteiger partial charge is 0.493 e. The molecular weight excluding hydrogens is 530 g/mol. The molecule has 0 spiro atoms. The van der Waals surface area contributed by atoms with Crippen molar-refractivity contribution in [3.8, 4) is 11.5 Å². The summed E-state index contributed by atoms with van der Waals surface area (Å²) in [5, 5.41) is 2.88. The van der Waals surface area contributed by atoms with Crippen molar-refractivity contribution in [1.82, 2.24) is 20.3 Å². The van der Waals surface area contributed by atoms with Gasteiger partial charge < -0.3 is 20.1 Å². The van der Waals surface area contributed by atoms with Gasteiger partial charge in [-0.1, -0.05) is 36.9 Å². The fourth-order valence-corrected chi connectivity index (χ4v) is 6.40. The van der Waals surface area contributed by atoms with Crippen LogP contribution >= 0.6 is 11.6 Å². The Morgan fingerprint density at radius 2 is 1.70 bits per heavy atom. The molecule has 5 N–H and O–H groups in total. The van der Waals surface area contributed by atoms with Crippen molar-refractivity contribution in [2.45, 2.75) is 43.9 Å². The Morgan fingerprint density at radius 1 is 0.975 bits per heavy atom. The number of hydrogen-bond acceptors (Lipinski definition) is 11. The first-order valence-corrected chi connectivity index (χ1v) is 14.2. The predicted octanol–water partition coefficient (Wildman–Crippen LogP) is 3.16. The normalized spacial score (nSPS) is 22.6. The number of aromatic nitrogens is 2. The highest BCUT2D eigenvalue weighted by Gasteiger charge is 2.39. The summed E-state index contributed by atoms with van der Waals surface area (Å²) in [5.41, 5.74) is 18.7. The first-order chi connectivity index (χ1) is 19.4.